The zero-order valence-corrected chi connectivity index (χ0v) is 36.1. The maximum absolute atomic E-state index is 13.1. The normalized spacial score (nSPS) is 11.9. The van der Waals surface area contributed by atoms with Crippen LogP contribution in [0.25, 0.3) is 43.8 Å². The summed E-state index contributed by atoms with van der Waals surface area (Å²) in [5.41, 5.74) is -1.28. The molecule has 6 rings (SSSR count). The quantitative estimate of drug-likeness (QED) is 0.0942. The van der Waals surface area contributed by atoms with Crippen LogP contribution in [0.5, 0.6) is 0 Å². The Bertz CT molecular complexity index is 2210. The average molecular weight is 945 g/mol. The van der Waals surface area contributed by atoms with Gasteiger partial charge in [-0.05, 0) is 67.8 Å². The number of hydrogen-bond acceptors (Lipinski definition) is 0. The standard InChI is InChI=1S/C20H15F6.C19H13F6.C2H6Si.2ClH.Zr/c1-3-12-6-13-4-11(2)5-17(18(13)7-12)14-8-15(19(21,22)23)10-16(9-14)20(24,25)26;1-10-3-12-4-11(2)6-17(16(12)5-10)13-7-14(18(20,21)22)9-15(8-13)19(23,24)25;1-3-2;;;/h4-10H,3H2,1-2H3;3-9H,1-2H3;1-2H3;2*1H;/q2*-1;;;;+4/p-2. The molecule has 304 valence electrons. The summed E-state index contributed by atoms with van der Waals surface area (Å²) in [5, 5.41) is 2.89. The fraction of sp³-hybridized carbons (Fsp3) is 0.268. The van der Waals surface area contributed by atoms with Gasteiger partial charge in [-0.1, -0.05) is 61.3 Å². The van der Waals surface area contributed by atoms with Crippen LogP contribution in [-0.4, -0.2) is 9.52 Å². The molecular weight excluding hydrogens is 911 g/mol. The van der Waals surface area contributed by atoms with Crippen molar-refractivity contribution in [2.24, 2.45) is 0 Å². The van der Waals surface area contributed by atoms with E-state index in [0.29, 0.717) is 21.9 Å². The Morgan fingerprint density at radius 3 is 1.14 bits per heavy atom. The molecule has 0 spiro atoms. The van der Waals surface area contributed by atoms with Crippen molar-refractivity contribution in [2.75, 3.05) is 0 Å². The Morgan fingerprint density at radius 1 is 0.509 bits per heavy atom. The minimum atomic E-state index is -4.86. The second-order valence-corrected chi connectivity index (χ2v) is 17.8. The molecule has 0 bridgehead atoms. The number of hydrogen-bond donors (Lipinski definition) is 0. The van der Waals surface area contributed by atoms with Crippen molar-refractivity contribution in [2.45, 2.75) is 71.9 Å². The number of halogens is 14. The third-order valence-electron chi connectivity index (χ3n) is 8.34. The summed E-state index contributed by atoms with van der Waals surface area (Å²) in [6.07, 6.45) is -18.7. The van der Waals surface area contributed by atoms with E-state index < -0.39 is 67.8 Å². The van der Waals surface area contributed by atoms with Crippen LogP contribution in [0.3, 0.4) is 0 Å². The van der Waals surface area contributed by atoms with Crippen molar-refractivity contribution in [3.8, 4) is 22.3 Å². The van der Waals surface area contributed by atoms with E-state index >= 15 is 0 Å². The van der Waals surface area contributed by atoms with Gasteiger partial charge in [-0.2, -0.15) is 64.8 Å². The van der Waals surface area contributed by atoms with Crippen molar-refractivity contribution >= 4 is 48.1 Å². The second kappa shape index (κ2) is 19.3. The van der Waals surface area contributed by atoms with Gasteiger partial charge in [0.2, 0.25) is 0 Å². The predicted molar refractivity (Wildman–Crippen MR) is 203 cm³/mol. The molecule has 0 unspecified atom stereocenters. The molecule has 0 N–H and O–H groups in total. The van der Waals surface area contributed by atoms with Crippen molar-refractivity contribution in [3.63, 3.8) is 0 Å². The maximum atomic E-state index is 13.1. The fourth-order valence-corrected chi connectivity index (χ4v) is 6.06. The Morgan fingerprint density at radius 2 is 0.825 bits per heavy atom. The zero-order chi connectivity index (χ0) is 43.3. The van der Waals surface area contributed by atoms with Gasteiger partial charge >= 0.3 is 62.6 Å². The van der Waals surface area contributed by atoms with Crippen molar-refractivity contribution in [1.82, 2.24) is 0 Å². The van der Waals surface area contributed by atoms with Gasteiger partial charge in [0, 0.05) is 9.52 Å². The molecule has 57 heavy (non-hydrogen) atoms. The molecule has 16 heteroatoms. The van der Waals surface area contributed by atoms with Gasteiger partial charge in [0.25, 0.3) is 0 Å². The zero-order valence-electron chi connectivity index (χ0n) is 31.1. The van der Waals surface area contributed by atoms with Gasteiger partial charge in [0.15, 0.2) is 0 Å². The van der Waals surface area contributed by atoms with Crippen molar-refractivity contribution < 1.29 is 73.5 Å². The molecule has 0 aliphatic rings. The summed E-state index contributed by atoms with van der Waals surface area (Å²) in [6, 6.07) is 17.7. The van der Waals surface area contributed by atoms with Crippen LogP contribution in [-0.2, 0) is 52.0 Å². The molecule has 0 saturated carbocycles. The van der Waals surface area contributed by atoms with Gasteiger partial charge in [0.05, 0.1) is 22.3 Å². The van der Waals surface area contributed by atoms with E-state index in [-0.39, 0.29) is 23.3 Å². The Labute approximate surface area is 343 Å². The van der Waals surface area contributed by atoms with Crippen molar-refractivity contribution in [1.29, 1.82) is 0 Å². The molecule has 0 heterocycles. The van der Waals surface area contributed by atoms with E-state index in [2.05, 4.69) is 13.1 Å². The van der Waals surface area contributed by atoms with Crippen LogP contribution >= 0.6 is 17.0 Å². The summed E-state index contributed by atoms with van der Waals surface area (Å²) < 4.78 is 157. The number of benzene rings is 4. The molecule has 6 aromatic carbocycles. The molecule has 0 atom stereocenters. The molecule has 0 amide bonds. The third-order valence-corrected chi connectivity index (χ3v) is 8.34. The number of alkyl halides is 12. The summed E-state index contributed by atoms with van der Waals surface area (Å²) in [4.78, 5) is 0. The average Bonchev–Trinajstić information content (AvgIpc) is 3.68. The monoisotopic (exact) mass is 942 g/mol. The number of rotatable bonds is 3. The van der Waals surface area contributed by atoms with E-state index in [1.165, 1.54) is 0 Å². The van der Waals surface area contributed by atoms with Gasteiger partial charge in [0.1, 0.15) is 0 Å². The van der Waals surface area contributed by atoms with E-state index in [1.807, 2.05) is 44.2 Å². The Kier molecular flexibility index (Phi) is 16.4. The third kappa shape index (κ3) is 13.0. The van der Waals surface area contributed by atoms with Gasteiger partial charge in [-0.25, -0.2) is 0 Å². The van der Waals surface area contributed by atoms with Crippen LogP contribution < -0.4 is 0 Å². The molecule has 2 radical (unpaired) electrons. The first kappa shape index (κ1) is 48.3. The minimum absolute atomic E-state index is 0.0888. The Hall–Kier alpha value is -3.06. The molecular formula is C41H34Cl2F12SiZr. The second-order valence-electron chi connectivity index (χ2n) is 13.0. The number of fused-ring (bicyclic) bond motifs is 2. The van der Waals surface area contributed by atoms with Crippen LogP contribution in [0, 0.1) is 20.8 Å². The number of aryl methyl sites for hydroxylation is 4. The summed E-state index contributed by atoms with van der Waals surface area (Å²) in [7, 11) is 11.0. The molecule has 0 nitrogen and oxygen atoms in total. The first-order chi connectivity index (χ1) is 26.3. The predicted octanol–water partition coefficient (Wildman–Crippen LogP) is 16.2. The molecule has 0 saturated heterocycles. The fourth-order valence-electron chi connectivity index (χ4n) is 6.06. The first-order valence-corrected chi connectivity index (χ1v) is 25.1. The van der Waals surface area contributed by atoms with E-state index in [9.17, 15) is 52.7 Å². The summed E-state index contributed by atoms with van der Waals surface area (Å²) >= 11 is -0.826. The molecule has 0 aliphatic heterocycles. The van der Waals surface area contributed by atoms with E-state index in [0.717, 1.165) is 73.2 Å². The first-order valence-electron chi connectivity index (χ1n) is 16.8. The van der Waals surface area contributed by atoms with E-state index in [4.69, 9.17) is 17.0 Å². The van der Waals surface area contributed by atoms with Crippen LogP contribution in [0.15, 0.2) is 84.9 Å². The van der Waals surface area contributed by atoms with Crippen molar-refractivity contribution in [3.05, 3.63) is 129 Å². The Balaban J connectivity index is 0.000000269. The van der Waals surface area contributed by atoms with Gasteiger partial charge in [-0.15, -0.1) is 56.9 Å². The molecule has 0 aliphatic carbocycles. The van der Waals surface area contributed by atoms with Crippen LogP contribution in [0.4, 0.5) is 52.7 Å². The van der Waals surface area contributed by atoms with Crippen LogP contribution in [0.1, 0.15) is 51.4 Å². The van der Waals surface area contributed by atoms with E-state index in [1.54, 1.807) is 32.0 Å². The van der Waals surface area contributed by atoms with Gasteiger partial charge < -0.3 is 0 Å². The SMILES string of the molecule is CCc1cc2c(-c3cc(C(F)(F)F)cc(C(F)(F)F)c3)cc(C)cc2[cH-]1.C[Si]C.Cc1cc(-c2cc(C(F)(F)F)cc(C(F)(F)F)c2)c2cc(C)[cH-]c2c1.[Cl][Zr+2][Cl]. The molecule has 0 aromatic heterocycles. The summed E-state index contributed by atoms with van der Waals surface area (Å²) in [5.74, 6) is 0. The topological polar surface area (TPSA) is 0 Å². The molecule has 6 aromatic rings. The van der Waals surface area contributed by atoms with Crippen LogP contribution in [0.2, 0.25) is 13.1 Å². The van der Waals surface area contributed by atoms with Gasteiger partial charge in [-0.3, -0.25) is 0 Å². The molecule has 0 fully saturated rings. The summed E-state index contributed by atoms with van der Waals surface area (Å²) in [6.45, 7) is 11.6.